The summed E-state index contributed by atoms with van der Waals surface area (Å²) in [7, 11) is 0. The molecule has 0 spiro atoms. The molecule has 0 unspecified atom stereocenters. The van der Waals surface area contributed by atoms with Crippen LogP contribution in [0.4, 0.5) is 0 Å². The van der Waals surface area contributed by atoms with Gasteiger partial charge in [0.1, 0.15) is 0 Å². The molecule has 4 rings (SSSR count). The highest BCUT2D eigenvalue weighted by Crippen LogP contribution is 2.45. The maximum absolute atomic E-state index is 13.3. The second kappa shape index (κ2) is 7.15. The number of rotatable bonds is 3. The summed E-state index contributed by atoms with van der Waals surface area (Å²) >= 11 is 5.99. The Hall–Kier alpha value is -2.08. The summed E-state index contributed by atoms with van der Waals surface area (Å²) in [6.07, 6.45) is 4.63. The van der Waals surface area contributed by atoms with Crippen molar-refractivity contribution in [2.75, 3.05) is 26.2 Å². The molecule has 0 radical (unpaired) electrons. The molecule has 1 aromatic rings. The van der Waals surface area contributed by atoms with E-state index in [0.717, 1.165) is 37.7 Å². The third-order valence-corrected chi connectivity index (χ3v) is 6.23. The van der Waals surface area contributed by atoms with Gasteiger partial charge in [-0.15, -0.1) is 0 Å². The number of benzene rings is 1. The third-order valence-electron chi connectivity index (χ3n) is 5.97. The SMILES string of the molecule is O=C(NC1CC1)C(=O)N1CCN(C(=O)C2(c3ccc(Cl)cc3)CCC2)CC1. The lowest BCUT2D eigenvalue weighted by molar-refractivity contribution is -0.150. The van der Waals surface area contributed by atoms with E-state index in [1.54, 1.807) is 4.90 Å². The minimum atomic E-state index is -0.520. The van der Waals surface area contributed by atoms with Crippen LogP contribution in [0.5, 0.6) is 0 Å². The first-order valence-corrected chi connectivity index (χ1v) is 10.0. The minimum absolute atomic E-state index is 0.130. The molecule has 0 aromatic heterocycles. The Morgan fingerprint density at radius 2 is 1.56 bits per heavy atom. The fourth-order valence-electron chi connectivity index (χ4n) is 3.96. The van der Waals surface area contributed by atoms with Crippen LogP contribution in [0.15, 0.2) is 24.3 Å². The Morgan fingerprint density at radius 3 is 2.07 bits per heavy atom. The zero-order chi connectivity index (χ0) is 19.0. The molecule has 3 amide bonds. The fourth-order valence-corrected chi connectivity index (χ4v) is 4.08. The highest BCUT2D eigenvalue weighted by atomic mass is 35.5. The van der Waals surface area contributed by atoms with Gasteiger partial charge in [-0.05, 0) is 43.4 Å². The summed E-state index contributed by atoms with van der Waals surface area (Å²) in [4.78, 5) is 40.9. The molecular weight excluding hydrogens is 366 g/mol. The van der Waals surface area contributed by atoms with Gasteiger partial charge >= 0.3 is 11.8 Å². The molecule has 2 aliphatic carbocycles. The zero-order valence-electron chi connectivity index (χ0n) is 15.2. The number of halogens is 1. The molecule has 1 saturated heterocycles. The zero-order valence-corrected chi connectivity index (χ0v) is 16.0. The molecule has 3 aliphatic rings. The summed E-state index contributed by atoms with van der Waals surface area (Å²) in [5.74, 6) is -0.871. The Labute approximate surface area is 163 Å². The highest BCUT2D eigenvalue weighted by Gasteiger charge is 2.48. The van der Waals surface area contributed by atoms with Gasteiger partial charge in [-0.3, -0.25) is 14.4 Å². The van der Waals surface area contributed by atoms with Crippen molar-refractivity contribution in [3.63, 3.8) is 0 Å². The van der Waals surface area contributed by atoms with Crippen LogP contribution in [-0.4, -0.2) is 59.7 Å². The first-order chi connectivity index (χ1) is 13.0. The van der Waals surface area contributed by atoms with Crippen molar-refractivity contribution in [1.29, 1.82) is 0 Å². The number of hydrogen-bond donors (Lipinski definition) is 1. The lowest BCUT2D eigenvalue weighted by Gasteiger charge is -2.46. The Kier molecular flexibility index (Phi) is 4.84. The van der Waals surface area contributed by atoms with Gasteiger partial charge < -0.3 is 15.1 Å². The normalized spacial score (nSPS) is 21.4. The van der Waals surface area contributed by atoms with Gasteiger partial charge in [0.15, 0.2) is 0 Å². The molecule has 6 nitrogen and oxygen atoms in total. The predicted molar refractivity (Wildman–Crippen MR) is 101 cm³/mol. The van der Waals surface area contributed by atoms with Gasteiger partial charge in [0.05, 0.1) is 5.41 Å². The molecule has 1 aromatic carbocycles. The van der Waals surface area contributed by atoms with E-state index in [1.165, 1.54) is 0 Å². The van der Waals surface area contributed by atoms with Crippen molar-refractivity contribution in [2.45, 2.75) is 43.6 Å². The Bertz CT molecular complexity index is 748. The largest absolute Gasteiger partial charge is 0.345 e. The number of nitrogens with zero attached hydrogens (tertiary/aromatic N) is 2. The smallest absolute Gasteiger partial charge is 0.312 e. The predicted octanol–water partition coefficient (Wildman–Crippen LogP) is 1.71. The molecular formula is C20H24ClN3O3. The molecule has 0 atom stereocenters. The molecule has 3 fully saturated rings. The lowest BCUT2D eigenvalue weighted by Crippen LogP contribution is -2.58. The van der Waals surface area contributed by atoms with Crippen molar-refractivity contribution in [2.24, 2.45) is 0 Å². The van der Waals surface area contributed by atoms with E-state index in [-0.39, 0.29) is 11.9 Å². The van der Waals surface area contributed by atoms with Crippen LogP contribution in [0.25, 0.3) is 0 Å². The number of amides is 3. The van der Waals surface area contributed by atoms with Gasteiger partial charge in [0, 0.05) is 37.2 Å². The van der Waals surface area contributed by atoms with E-state index < -0.39 is 17.2 Å². The monoisotopic (exact) mass is 389 g/mol. The van der Waals surface area contributed by atoms with E-state index in [1.807, 2.05) is 29.2 Å². The number of piperazine rings is 1. The molecule has 144 valence electrons. The van der Waals surface area contributed by atoms with Crippen molar-refractivity contribution < 1.29 is 14.4 Å². The fraction of sp³-hybridized carbons (Fsp3) is 0.550. The molecule has 0 bridgehead atoms. The molecule has 7 heteroatoms. The van der Waals surface area contributed by atoms with E-state index in [0.29, 0.717) is 31.2 Å². The van der Waals surface area contributed by atoms with Crippen LogP contribution in [0, 0.1) is 0 Å². The summed E-state index contributed by atoms with van der Waals surface area (Å²) in [5.41, 5.74) is 0.561. The average Bonchev–Trinajstić information content (AvgIpc) is 3.45. The maximum atomic E-state index is 13.3. The van der Waals surface area contributed by atoms with Crippen LogP contribution in [0.3, 0.4) is 0 Å². The van der Waals surface area contributed by atoms with Crippen molar-refractivity contribution in [1.82, 2.24) is 15.1 Å². The number of hydrogen-bond acceptors (Lipinski definition) is 3. The summed E-state index contributed by atoms with van der Waals surface area (Å²) in [5, 5.41) is 3.40. The first-order valence-electron chi connectivity index (χ1n) is 9.65. The second-order valence-electron chi connectivity index (χ2n) is 7.77. The van der Waals surface area contributed by atoms with Crippen LogP contribution in [0.1, 0.15) is 37.7 Å². The molecule has 27 heavy (non-hydrogen) atoms. The topological polar surface area (TPSA) is 69.7 Å². The van der Waals surface area contributed by atoms with Crippen molar-refractivity contribution in [3.8, 4) is 0 Å². The van der Waals surface area contributed by atoms with Crippen LogP contribution < -0.4 is 5.32 Å². The maximum Gasteiger partial charge on any atom is 0.312 e. The quantitative estimate of drug-likeness (QED) is 0.800. The summed E-state index contributed by atoms with van der Waals surface area (Å²) < 4.78 is 0. The van der Waals surface area contributed by atoms with E-state index >= 15 is 0 Å². The Morgan fingerprint density at radius 1 is 0.963 bits per heavy atom. The second-order valence-corrected chi connectivity index (χ2v) is 8.21. The van der Waals surface area contributed by atoms with Gasteiger partial charge in [-0.2, -0.15) is 0 Å². The molecule has 1 N–H and O–H groups in total. The summed E-state index contributed by atoms with van der Waals surface area (Å²) in [6.45, 7) is 1.74. The van der Waals surface area contributed by atoms with Crippen LogP contribution in [-0.2, 0) is 19.8 Å². The lowest BCUT2D eigenvalue weighted by atomic mass is 9.63. The van der Waals surface area contributed by atoms with Gasteiger partial charge in [0.25, 0.3) is 0 Å². The number of carbonyl (C=O) groups is 3. The van der Waals surface area contributed by atoms with E-state index in [4.69, 9.17) is 11.6 Å². The number of nitrogens with one attached hydrogen (secondary N) is 1. The molecule has 1 aliphatic heterocycles. The first kappa shape index (κ1) is 18.3. The average molecular weight is 390 g/mol. The standard InChI is InChI=1S/C20H24ClN3O3/c21-15-4-2-14(3-5-15)20(8-1-9-20)19(27)24-12-10-23(11-13-24)18(26)17(25)22-16-6-7-16/h2-5,16H,1,6-13H2,(H,22,25). The van der Waals surface area contributed by atoms with Gasteiger partial charge in [-0.25, -0.2) is 0 Å². The highest BCUT2D eigenvalue weighted by molar-refractivity contribution is 6.35. The third kappa shape index (κ3) is 3.55. The van der Waals surface area contributed by atoms with E-state index in [9.17, 15) is 14.4 Å². The van der Waals surface area contributed by atoms with E-state index in [2.05, 4.69) is 5.32 Å². The molecule has 2 saturated carbocycles. The van der Waals surface area contributed by atoms with Crippen LogP contribution >= 0.6 is 11.6 Å². The van der Waals surface area contributed by atoms with Gasteiger partial charge in [0.2, 0.25) is 5.91 Å². The molecule has 1 heterocycles. The van der Waals surface area contributed by atoms with Gasteiger partial charge in [-0.1, -0.05) is 30.2 Å². The minimum Gasteiger partial charge on any atom is -0.345 e. The number of carbonyl (C=O) groups excluding carboxylic acids is 3. The van der Waals surface area contributed by atoms with Crippen molar-refractivity contribution in [3.05, 3.63) is 34.9 Å². The van der Waals surface area contributed by atoms with Crippen LogP contribution in [0.2, 0.25) is 5.02 Å². The van der Waals surface area contributed by atoms with Crippen molar-refractivity contribution >= 4 is 29.3 Å². The Balaban J connectivity index is 1.38. The summed E-state index contributed by atoms with van der Waals surface area (Å²) in [6, 6.07) is 7.73.